The zero-order valence-corrected chi connectivity index (χ0v) is 13.7. The highest BCUT2D eigenvalue weighted by molar-refractivity contribution is 5.74. The average Bonchev–Trinajstić information content (AvgIpc) is 3.05. The molecule has 2 fully saturated rings. The van der Waals surface area contributed by atoms with Gasteiger partial charge in [0.15, 0.2) is 5.82 Å². The normalized spacial score (nSPS) is 27.2. The van der Waals surface area contributed by atoms with E-state index in [0.717, 1.165) is 44.1 Å². The van der Waals surface area contributed by atoms with Crippen LogP contribution in [-0.2, 0) is 24.2 Å². The minimum atomic E-state index is -0.105. The van der Waals surface area contributed by atoms with Gasteiger partial charge in [-0.15, -0.1) is 10.2 Å². The minimum Gasteiger partial charge on any atom is -0.378 e. The molecule has 0 bridgehead atoms. The Labute approximate surface area is 136 Å². The van der Waals surface area contributed by atoms with Crippen molar-refractivity contribution in [3.05, 3.63) is 11.6 Å². The number of aryl methyl sites for hydroxylation is 1. The number of hydrogen-bond donors (Lipinski definition) is 2. The Morgan fingerprint density at radius 2 is 2.26 bits per heavy atom. The van der Waals surface area contributed by atoms with E-state index in [1.54, 1.807) is 0 Å². The molecule has 7 heteroatoms. The van der Waals surface area contributed by atoms with Crippen LogP contribution in [0, 0.1) is 5.41 Å². The number of nitrogens with zero attached hydrogens (tertiary/aromatic N) is 3. The molecule has 1 spiro atoms. The Hall–Kier alpha value is -1.63. The molecule has 0 saturated heterocycles. The van der Waals surface area contributed by atoms with E-state index in [0.29, 0.717) is 12.6 Å². The summed E-state index contributed by atoms with van der Waals surface area (Å²) in [5.41, 5.74) is 0.198. The van der Waals surface area contributed by atoms with Crippen molar-refractivity contribution in [3.63, 3.8) is 0 Å². The molecule has 1 aromatic rings. The van der Waals surface area contributed by atoms with Crippen LogP contribution in [0.15, 0.2) is 0 Å². The first-order valence-electron chi connectivity index (χ1n) is 8.80. The van der Waals surface area contributed by atoms with Crippen molar-refractivity contribution < 1.29 is 9.53 Å². The summed E-state index contributed by atoms with van der Waals surface area (Å²) in [7, 11) is 0. The number of rotatable bonds is 5. The van der Waals surface area contributed by atoms with Crippen molar-refractivity contribution in [1.82, 2.24) is 25.4 Å². The maximum absolute atomic E-state index is 12.2. The lowest BCUT2D eigenvalue weighted by Gasteiger charge is -2.60. The Kier molecular flexibility index (Phi) is 3.75. The SMILES string of the molecule is CCO[C@H]1C[C@@H](NC(=O)NCc2nnc3n2CCC3)C12CCC2. The number of fused-ring (bicyclic) bond motifs is 1. The molecule has 2 N–H and O–H groups in total. The number of carbonyl (C=O) groups excluding carboxylic acids is 1. The maximum atomic E-state index is 12.2. The number of hydrogen-bond acceptors (Lipinski definition) is 4. The van der Waals surface area contributed by atoms with E-state index in [1.807, 2.05) is 6.92 Å². The van der Waals surface area contributed by atoms with Crippen LogP contribution < -0.4 is 10.6 Å². The van der Waals surface area contributed by atoms with Gasteiger partial charge in [0.25, 0.3) is 0 Å². The molecular weight excluding hydrogens is 294 g/mol. The third-order valence-electron chi connectivity index (χ3n) is 5.84. The lowest BCUT2D eigenvalue weighted by atomic mass is 9.51. The van der Waals surface area contributed by atoms with E-state index >= 15 is 0 Å². The van der Waals surface area contributed by atoms with Crippen LogP contribution in [0.25, 0.3) is 0 Å². The summed E-state index contributed by atoms with van der Waals surface area (Å²) in [6, 6.07) is 0.142. The molecular formula is C16H25N5O2. The van der Waals surface area contributed by atoms with Crippen molar-refractivity contribution in [1.29, 1.82) is 0 Å². The van der Waals surface area contributed by atoms with Crippen LogP contribution in [0.3, 0.4) is 0 Å². The van der Waals surface area contributed by atoms with Gasteiger partial charge >= 0.3 is 6.03 Å². The maximum Gasteiger partial charge on any atom is 0.315 e. The highest BCUT2D eigenvalue weighted by atomic mass is 16.5. The van der Waals surface area contributed by atoms with Crippen molar-refractivity contribution in [2.24, 2.45) is 5.41 Å². The van der Waals surface area contributed by atoms with E-state index < -0.39 is 0 Å². The molecule has 2 saturated carbocycles. The monoisotopic (exact) mass is 319 g/mol. The first-order valence-corrected chi connectivity index (χ1v) is 8.80. The van der Waals surface area contributed by atoms with Gasteiger partial charge in [-0.3, -0.25) is 0 Å². The predicted octanol–water partition coefficient (Wildman–Crippen LogP) is 1.37. The van der Waals surface area contributed by atoms with E-state index in [9.17, 15) is 4.79 Å². The van der Waals surface area contributed by atoms with Crippen LogP contribution in [-0.4, -0.2) is 39.5 Å². The molecule has 0 unspecified atom stereocenters. The van der Waals surface area contributed by atoms with Gasteiger partial charge in [-0.2, -0.15) is 0 Å². The number of ether oxygens (including phenoxy) is 1. The number of nitrogens with one attached hydrogen (secondary N) is 2. The zero-order chi connectivity index (χ0) is 15.9. The molecule has 1 aromatic heterocycles. The van der Waals surface area contributed by atoms with Crippen molar-refractivity contribution in [2.75, 3.05) is 6.61 Å². The molecule has 2 heterocycles. The molecule has 0 aromatic carbocycles. The van der Waals surface area contributed by atoms with Gasteiger partial charge in [-0.1, -0.05) is 6.42 Å². The van der Waals surface area contributed by atoms with Gasteiger partial charge in [-0.25, -0.2) is 4.79 Å². The van der Waals surface area contributed by atoms with Crippen LogP contribution >= 0.6 is 0 Å². The van der Waals surface area contributed by atoms with E-state index in [4.69, 9.17) is 4.74 Å². The van der Waals surface area contributed by atoms with Gasteiger partial charge in [0.05, 0.1) is 12.6 Å². The van der Waals surface area contributed by atoms with Crippen LogP contribution in [0.4, 0.5) is 4.79 Å². The summed E-state index contributed by atoms with van der Waals surface area (Å²) < 4.78 is 7.94. The average molecular weight is 319 g/mol. The fraction of sp³-hybridized carbons (Fsp3) is 0.812. The summed E-state index contributed by atoms with van der Waals surface area (Å²) in [6.07, 6.45) is 6.94. The first kappa shape index (κ1) is 14.9. The summed E-state index contributed by atoms with van der Waals surface area (Å²) in [4.78, 5) is 12.2. The van der Waals surface area contributed by atoms with Gasteiger partial charge in [0.2, 0.25) is 0 Å². The summed E-state index contributed by atoms with van der Waals surface area (Å²) in [6.45, 7) is 4.19. The lowest BCUT2D eigenvalue weighted by molar-refractivity contribution is -0.169. The van der Waals surface area contributed by atoms with E-state index in [1.165, 1.54) is 19.3 Å². The third kappa shape index (κ3) is 2.41. The molecule has 2 aliphatic carbocycles. The smallest absolute Gasteiger partial charge is 0.315 e. The van der Waals surface area contributed by atoms with Gasteiger partial charge in [0, 0.05) is 31.0 Å². The molecule has 23 heavy (non-hydrogen) atoms. The second-order valence-corrected chi connectivity index (χ2v) is 6.93. The molecule has 2 atom stereocenters. The van der Waals surface area contributed by atoms with Crippen molar-refractivity contribution >= 4 is 6.03 Å². The summed E-state index contributed by atoms with van der Waals surface area (Å²) in [5.74, 6) is 1.89. The van der Waals surface area contributed by atoms with Crippen molar-refractivity contribution in [3.8, 4) is 0 Å². The molecule has 1 aliphatic heterocycles. The molecule has 0 radical (unpaired) electrons. The molecule has 3 aliphatic rings. The highest BCUT2D eigenvalue weighted by Gasteiger charge is 2.59. The molecule has 126 valence electrons. The Bertz CT molecular complexity index is 595. The standard InChI is InChI=1S/C16H25N5O2/c1-2-23-12-9-11(16(12)6-4-7-16)18-15(22)17-10-14-20-19-13-5-3-8-21(13)14/h11-12H,2-10H2,1H3,(H2,17,18,22)/t11-,12+/m1/s1. The third-order valence-corrected chi connectivity index (χ3v) is 5.84. The zero-order valence-electron chi connectivity index (χ0n) is 13.7. The number of carbonyl (C=O) groups is 1. The van der Waals surface area contributed by atoms with Gasteiger partial charge < -0.3 is 19.9 Å². The lowest BCUT2D eigenvalue weighted by Crippen LogP contribution is -2.68. The van der Waals surface area contributed by atoms with Crippen LogP contribution in [0.2, 0.25) is 0 Å². The first-order chi connectivity index (χ1) is 11.2. The molecule has 2 amide bonds. The Morgan fingerprint density at radius 3 is 3.00 bits per heavy atom. The fourth-order valence-corrected chi connectivity index (χ4v) is 4.35. The molecule has 7 nitrogen and oxygen atoms in total. The fourth-order valence-electron chi connectivity index (χ4n) is 4.35. The second-order valence-electron chi connectivity index (χ2n) is 6.93. The van der Waals surface area contributed by atoms with Crippen LogP contribution in [0.5, 0.6) is 0 Å². The number of aromatic nitrogens is 3. The van der Waals surface area contributed by atoms with Gasteiger partial charge in [-0.05, 0) is 32.6 Å². The second kappa shape index (κ2) is 5.78. The Balaban J connectivity index is 1.29. The quantitative estimate of drug-likeness (QED) is 0.859. The topological polar surface area (TPSA) is 81.1 Å². The predicted molar refractivity (Wildman–Crippen MR) is 83.8 cm³/mol. The highest BCUT2D eigenvalue weighted by Crippen LogP contribution is 2.57. The van der Waals surface area contributed by atoms with E-state index in [2.05, 4.69) is 25.4 Å². The van der Waals surface area contributed by atoms with Crippen LogP contribution in [0.1, 0.15) is 50.7 Å². The van der Waals surface area contributed by atoms with Crippen molar-refractivity contribution in [2.45, 2.75) is 70.7 Å². The number of urea groups is 1. The Morgan fingerprint density at radius 1 is 1.39 bits per heavy atom. The largest absolute Gasteiger partial charge is 0.378 e. The molecule has 4 rings (SSSR count). The van der Waals surface area contributed by atoms with E-state index in [-0.39, 0.29) is 17.5 Å². The summed E-state index contributed by atoms with van der Waals surface area (Å²) >= 11 is 0. The van der Waals surface area contributed by atoms with Gasteiger partial charge in [0.1, 0.15) is 5.82 Å². The summed E-state index contributed by atoms with van der Waals surface area (Å²) in [5, 5.41) is 14.4. The minimum absolute atomic E-state index is 0.105. The number of amides is 2.